The molecule has 47 nitrogen and oxygen atoms in total. The summed E-state index contributed by atoms with van der Waals surface area (Å²) < 4.78 is 8.29. The number of hydrogen-bond donors (Lipinski definition) is 23. The van der Waals surface area contributed by atoms with Gasteiger partial charge in [0.1, 0.15) is 85.9 Å². The van der Waals surface area contributed by atoms with Gasteiger partial charge in [-0.2, -0.15) is 0 Å². The number of thioether (sulfide) groups is 1. The number of aromatic nitrogens is 6. The number of imidazole rings is 3. The molecule has 10 atom stereocenters. The van der Waals surface area contributed by atoms with Crippen molar-refractivity contribution in [1.29, 1.82) is 0 Å². The van der Waals surface area contributed by atoms with E-state index in [1.54, 1.807) is 0 Å². The first-order chi connectivity index (χ1) is 60.8. The van der Waals surface area contributed by atoms with Crippen LogP contribution in [0.1, 0.15) is 111 Å². The van der Waals surface area contributed by atoms with Crippen molar-refractivity contribution >= 4 is 141 Å². The van der Waals surface area contributed by atoms with Crippen molar-refractivity contribution in [1.82, 2.24) is 87.6 Å². The Balaban J connectivity index is 1.09. The fraction of sp³-hybridized carbons (Fsp3) is 0.425. The van der Waals surface area contributed by atoms with Crippen molar-refractivity contribution in [2.75, 3.05) is 63.0 Å². The Labute approximate surface area is 732 Å². The molecular weight excluding hydrogens is 1700 g/mol. The van der Waals surface area contributed by atoms with Crippen LogP contribution in [0.4, 0.5) is 11.4 Å². The smallest absolute Gasteiger partial charge is 0.336 e. The van der Waals surface area contributed by atoms with Crippen LogP contribution in [0.5, 0.6) is 0 Å². The lowest BCUT2D eigenvalue weighted by Crippen LogP contribution is -2.61. The summed E-state index contributed by atoms with van der Waals surface area (Å²) in [5.41, 5.74) is 14.0. The molecule has 0 radical (unpaired) electrons. The van der Waals surface area contributed by atoms with Crippen LogP contribution in [0, 0.1) is 0 Å². The van der Waals surface area contributed by atoms with E-state index >= 15 is 0 Å². The number of carboxylic acid groups (broad SMARTS) is 7. The highest BCUT2D eigenvalue weighted by Gasteiger charge is 2.39. The van der Waals surface area contributed by atoms with E-state index in [9.17, 15) is 122 Å². The number of nitrogens with two attached hydrogens (primary N) is 2. The highest BCUT2D eigenvalue weighted by molar-refractivity contribution is 8.00. The van der Waals surface area contributed by atoms with Gasteiger partial charge in [-0.1, -0.05) is 6.07 Å². The van der Waals surface area contributed by atoms with Crippen LogP contribution < -0.4 is 84.8 Å². The number of H-pyrrole nitrogens is 3. The number of anilines is 2. The van der Waals surface area contributed by atoms with E-state index < -0.39 is 269 Å². The van der Waals surface area contributed by atoms with Crippen molar-refractivity contribution in [2.24, 2.45) is 11.5 Å². The maximum atomic E-state index is 14.8. The van der Waals surface area contributed by atoms with Gasteiger partial charge >= 0.3 is 41.8 Å². The summed E-state index contributed by atoms with van der Waals surface area (Å²) in [5, 5.41) is 96.6. The van der Waals surface area contributed by atoms with Gasteiger partial charge in [0.15, 0.2) is 0 Å². The monoisotopic (exact) mass is 1800 g/mol. The van der Waals surface area contributed by atoms with Gasteiger partial charge in [0, 0.05) is 130 Å². The molecule has 0 fully saturated rings. The Kier molecular flexibility index (Phi) is 38.5. The van der Waals surface area contributed by atoms with E-state index in [1.165, 1.54) is 49.4 Å². The predicted molar refractivity (Wildman–Crippen MR) is 453 cm³/mol. The Bertz CT molecular complexity index is 5200. The van der Waals surface area contributed by atoms with Crippen LogP contribution >= 0.6 is 11.8 Å². The zero-order valence-corrected chi connectivity index (χ0v) is 70.6. The van der Waals surface area contributed by atoms with Crippen molar-refractivity contribution in [3.63, 3.8) is 0 Å². The molecule has 7 rings (SSSR count). The number of fused-ring (bicyclic) bond motifs is 2. The minimum absolute atomic E-state index is 0.0318. The summed E-state index contributed by atoms with van der Waals surface area (Å²) >= 11 is 0.782. The Morgan fingerprint density at radius 3 is 1.21 bits per heavy atom. The second kappa shape index (κ2) is 49.1. The number of carbonyl (C=O) groups excluding carboxylic acids is 11. The van der Waals surface area contributed by atoms with E-state index in [0.717, 1.165) is 29.1 Å². The quantitative estimate of drug-likeness (QED) is 0.0102. The molecule has 0 bridgehead atoms. The summed E-state index contributed by atoms with van der Waals surface area (Å²) in [7, 11) is 7.42. The molecule has 688 valence electrons. The van der Waals surface area contributed by atoms with E-state index in [-0.39, 0.29) is 59.7 Å². The molecule has 128 heavy (non-hydrogen) atoms. The number of aromatic carboxylic acids is 1. The Morgan fingerprint density at radius 2 is 0.836 bits per heavy atom. The highest BCUT2D eigenvalue weighted by Crippen LogP contribution is 2.43. The number of carboxylic acids is 7. The second-order valence-corrected chi connectivity index (χ2v) is 30.7. The summed E-state index contributed by atoms with van der Waals surface area (Å²) in [6.07, 6.45) is -1.69. The molecule has 0 saturated heterocycles. The largest absolute Gasteiger partial charge is 0.481 e. The highest BCUT2D eigenvalue weighted by atomic mass is 32.2. The minimum atomic E-state index is -1.98. The Hall–Kier alpha value is -14.7. The Morgan fingerprint density at radius 1 is 0.445 bits per heavy atom. The molecule has 2 aromatic carbocycles. The van der Waals surface area contributed by atoms with Gasteiger partial charge in [0.25, 0.3) is 0 Å². The molecule has 25 N–H and O–H groups in total. The van der Waals surface area contributed by atoms with Gasteiger partial charge in [-0.25, -0.2) is 29.1 Å². The summed E-state index contributed by atoms with van der Waals surface area (Å²) in [6.45, 7) is -0.574. The SMILES string of the molecule is CN(C)c1ccc2c(-c3ccc(NC(=O)CSC[C@H](NC(=O)CN)C(=O)N[C@@H](CCC(=O)O)C(=O)N[C@@H](Cc4c[nH]cn4)C(=O)N[C@@H](CCC(=O)O)C(=O)N[C@@H](Cc4c[nH]cn4)C(=O)N[C@@H](CCC(=O)O)C(=O)N[C@@H](Cc4c[nH]cn4)C(=O)N[C@@H](CCC(=O)O)C(=O)N[C@@H](CCCCN)C(=O)N[C@@H](CCC(=O)O)C(=O)O)cc3C(=O)O)c3ccc(=[N+](C)C)cc-3oc2c1. The number of unbranched alkanes of at least 4 members (excludes halogenated alkanes) is 1. The molecule has 0 spiro atoms. The van der Waals surface area contributed by atoms with E-state index in [4.69, 9.17) is 15.9 Å². The molecule has 5 aromatic rings. The number of nitrogens with one attached hydrogen (secondary N) is 14. The van der Waals surface area contributed by atoms with Crippen molar-refractivity contribution in [3.05, 3.63) is 120 Å². The lowest BCUT2D eigenvalue weighted by molar-refractivity contribution is -0.144. The van der Waals surface area contributed by atoms with Gasteiger partial charge in [0.2, 0.25) is 70.3 Å². The zero-order chi connectivity index (χ0) is 94.0. The number of carbonyl (C=O) groups is 18. The van der Waals surface area contributed by atoms with Gasteiger partial charge in [-0.3, -0.25) is 76.7 Å². The van der Waals surface area contributed by atoms with Crippen LogP contribution in [0.25, 0.3) is 33.4 Å². The van der Waals surface area contributed by atoms with Crippen LogP contribution in [0.2, 0.25) is 0 Å². The fourth-order valence-electron chi connectivity index (χ4n) is 13.0. The number of nitrogens with zero attached hydrogens (tertiary/aromatic N) is 5. The van der Waals surface area contributed by atoms with Crippen LogP contribution in [0.3, 0.4) is 0 Å². The first-order valence-electron chi connectivity index (χ1n) is 39.9. The molecule has 0 saturated carbocycles. The first kappa shape index (κ1) is 100. The van der Waals surface area contributed by atoms with E-state index in [1.807, 2.05) is 74.1 Å². The van der Waals surface area contributed by atoms with Crippen LogP contribution in [-0.2, 0) is 101 Å². The number of benzene rings is 3. The van der Waals surface area contributed by atoms with E-state index in [0.29, 0.717) is 27.9 Å². The third-order valence-corrected chi connectivity index (χ3v) is 20.7. The zero-order valence-electron chi connectivity index (χ0n) is 69.8. The molecule has 11 amide bonds. The van der Waals surface area contributed by atoms with Crippen molar-refractivity contribution in [2.45, 2.75) is 163 Å². The van der Waals surface area contributed by atoms with Gasteiger partial charge < -0.3 is 130 Å². The average molecular weight is 1810 g/mol. The normalized spacial score (nSPS) is 13.4. The standard InChI is InChI=1S/C80H101N21O26S/c1-100(2)44-9-12-47-60(29-44)127-61-30-45(101(3)4)10-13-48(61)69(47)46-11-8-40(25-49(46)79(123)124)89-63(103)36-128-35-59(90-62(102)31-82)78(122)95-54(17-22-67(110)111)74(118)99-58(28-43-34-85-39-88-43)77(121)94-53(16-21-66(108)109)73(117)98-57(27-42-33-84-38-87-42)76(120)93-52(15-20-65(106)107)72(116)97-56(26-41-32-83-37-86-41)75(119)92-51(14-19-64(104)105)71(115)91-50(7-5-6-24-81)70(114)96-55(80(125)126)18-23-68(112)113/h8-13,25,29-30,32-34,37-39,50-59H,5-7,14-24,26-28,31,35-36,81-82H2,1-4H3,(H20,83,84,85,86,87,88,90,91,92,93,94,95,96,97,98,99,102,104,105,106,107,108,109,110,111,112,113,114,115,116,117,118,119,120,121,122,123,124,125,126)/p+1/t50-,51-,52-,53-,54-,55-,56-,57-,58-,59-/m0/s1. The van der Waals surface area contributed by atoms with Gasteiger partial charge in [-0.15, -0.1) is 11.8 Å². The lowest BCUT2D eigenvalue weighted by Gasteiger charge is -2.28. The summed E-state index contributed by atoms with van der Waals surface area (Å²) in [5.74, 6) is -23.5. The molecule has 1 aliphatic carbocycles. The van der Waals surface area contributed by atoms with Gasteiger partial charge in [-0.05, 0) is 93.8 Å². The number of rotatable bonds is 54. The third-order valence-electron chi connectivity index (χ3n) is 19.6. The number of aromatic amines is 3. The van der Waals surface area contributed by atoms with Crippen molar-refractivity contribution < 1.29 is 126 Å². The summed E-state index contributed by atoms with van der Waals surface area (Å²) in [6, 6.07) is -3.03. The molecular formula is C80H102N21O26S+. The fourth-order valence-corrected chi connectivity index (χ4v) is 13.8. The molecule has 1 aliphatic heterocycles. The molecule has 48 heteroatoms. The lowest BCUT2D eigenvalue weighted by atomic mass is 9.90. The molecule has 4 heterocycles. The minimum Gasteiger partial charge on any atom is -0.481 e. The third kappa shape index (κ3) is 31.5. The number of aliphatic carboxylic acids is 6. The van der Waals surface area contributed by atoms with Crippen LogP contribution in [-0.4, -0.2) is 286 Å². The van der Waals surface area contributed by atoms with E-state index in [2.05, 4.69) is 88.4 Å². The maximum absolute atomic E-state index is 14.8. The van der Waals surface area contributed by atoms with Crippen molar-refractivity contribution in [3.8, 4) is 22.5 Å². The second-order valence-electron chi connectivity index (χ2n) is 29.7. The predicted octanol–water partition coefficient (Wildman–Crippen LogP) is -3.09. The number of hydrogen-bond acceptors (Lipinski definition) is 26. The summed E-state index contributed by atoms with van der Waals surface area (Å²) in [4.78, 5) is 264. The van der Waals surface area contributed by atoms with Gasteiger partial charge in [0.05, 0.1) is 60.0 Å². The maximum Gasteiger partial charge on any atom is 0.336 e. The average Bonchev–Trinajstić information content (AvgIpc) is 0.769. The molecule has 0 unspecified atom stereocenters. The molecule has 3 aromatic heterocycles. The topological polar surface area (TPSA) is 739 Å². The van der Waals surface area contributed by atoms with Crippen LogP contribution in [0.15, 0.2) is 96.6 Å². The first-order valence-corrected chi connectivity index (χ1v) is 41.1. The number of amides is 11. The molecule has 2 aliphatic rings.